The average molecular weight is 823 g/mol. The van der Waals surface area contributed by atoms with Gasteiger partial charge in [0.25, 0.3) is 0 Å². The first-order valence-corrected chi connectivity index (χ1v) is 22.3. The number of benzene rings is 5. The van der Waals surface area contributed by atoms with E-state index in [1.807, 2.05) is 6.20 Å². The fraction of sp³-hybridized carbons (Fsp3) is 0.351. The highest BCUT2D eigenvalue weighted by atomic mass is 16.5. The number of aromatic nitrogens is 2. The monoisotopic (exact) mass is 823 g/mol. The van der Waals surface area contributed by atoms with Gasteiger partial charge >= 0.3 is 0 Å². The Bertz CT molecular complexity index is 2800. The molecule has 3 heterocycles. The van der Waals surface area contributed by atoms with Gasteiger partial charge in [0.1, 0.15) is 17.3 Å². The predicted octanol–water partition coefficient (Wildman–Crippen LogP) is 15.4. The van der Waals surface area contributed by atoms with Crippen LogP contribution in [-0.4, -0.2) is 16.2 Å². The smallest absolute Gasteiger partial charge is 0.137 e. The normalized spacial score (nSPS) is 14.3. The van der Waals surface area contributed by atoms with Crippen molar-refractivity contribution < 1.29 is 4.74 Å². The minimum absolute atomic E-state index is 0.0123. The molecule has 2 aromatic heterocycles. The Morgan fingerprint density at radius 3 is 1.76 bits per heavy atom. The molecule has 0 unspecified atom stereocenters. The molecule has 0 fully saturated rings. The van der Waals surface area contributed by atoms with Gasteiger partial charge in [-0.25, -0.2) is 4.98 Å². The number of fused-ring (bicyclic) bond motifs is 3. The minimum Gasteiger partial charge on any atom is -0.457 e. The molecule has 0 radical (unpaired) electrons. The fourth-order valence-electron chi connectivity index (χ4n) is 8.71. The third-order valence-corrected chi connectivity index (χ3v) is 12.8. The van der Waals surface area contributed by atoms with E-state index in [9.17, 15) is 0 Å². The van der Waals surface area contributed by atoms with E-state index in [1.165, 1.54) is 50.0 Å². The molecule has 5 heteroatoms. The van der Waals surface area contributed by atoms with Gasteiger partial charge in [0.15, 0.2) is 0 Å². The molecular weight excluding hydrogens is 757 g/mol. The summed E-state index contributed by atoms with van der Waals surface area (Å²) in [5, 5.41) is 2.39. The van der Waals surface area contributed by atoms with Crippen LogP contribution in [0.2, 0.25) is 0 Å². The highest BCUT2D eigenvalue weighted by Gasteiger charge is 2.33. The second kappa shape index (κ2) is 15.2. The van der Waals surface area contributed by atoms with E-state index in [1.54, 1.807) is 0 Å². The zero-order valence-corrected chi connectivity index (χ0v) is 39.6. The van der Waals surface area contributed by atoms with Gasteiger partial charge < -0.3 is 14.5 Å². The Morgan fingerprint density at radius 1 is 0.468 bits per heavy atom. The molecule has 1 aliphatic heterocycles. The largest absolute Gasteiger partial charge is 0.457 e. The third-order valence-electron chi connectivity index (χ3n) is 12.8. The maximum Gasteiger partial charge on any atom is 0.137 e. The van der Waals surface area contributed by atoms with Crippen LogP contribution < -0.4 is 14.5 Å². The average Bonchev–Trinajstić information content (AvgIpc) is 3.81. The van der Waals surface area contributed by atoms with Gasteiger partial charge in [-0.2, -0.15) is 0 Å². The first-order valence-electron chi connectivity index (χ1n) is 22.3. The van der Waals surface area contributed by atoms with Gasteiger partial charge in [0, 0.05) is 63.2 Å². The molecule has 320 valence electrons. The lowest BCUT2D eigenvalue weighted by molar-refractivity contribution is 0.480. The van der Waals surface area contributed by atoms with E-state index in [2.05, 4.69) is 239 Å². The zero-order chi connectivity index (χ0) is 44.6. The van der Waals surface area contributed by atoms with Crippen molar-refractivity contribution in [2.24, 2.45) is 5.41 Å². The predicted molar refractivity (Wildman–Crippen MR) is 264 cm³/mol. The summed E-state index contributed by atoms with van der Waals surface area (Å²) in [7, 11) is 0. The minimum atomic E-state index is -0.293. The Hall–Kier alpha value is -5.81. The number of hydrogen-bond donors (Lipinski definition) is 0. The van der Waals surface area contributed by atoms with E-state index >= 15 is 0 Å². The summed E-state index contributed by atoms with van der Waals surface area (Å²) in [6.07, 6.45) is 4.28. The highest BCUT2D eigenvalue weighted by molar-refractivity contribution is 6.09. The van der Waals surface area contributed by atoms with Crippen molar-refractivity contribution in [3.8, 4) is 17.3 Å². The summed E-state index contributed by atoms with van der Waals surface area (Å²) >= 11 is 0. The van der Waals surface area contributed by atoms with E-state index in [0.29, 0.717) is 6.67 Å². The fourth-order valence-corrected chi connectivity index (χ4v) is 8.71. The van der Waals surface area contributed by atoms with E-state index in [0.717, 1.165) is 34.0 Å². The van der Waals surface area contributed by atoms with Crippen molar-refractivity contribution in [1.82, 2.24) is 9.55 Å². The number of allylic oxidation sites excluding steroid dienone is 1. The molecule has 0 N–H and O–H groups in total. The molecule has 0 amide bonds. The standard InChI is InChI=1S/C57H66N4O/c1-53(2,3)38-20-23-43(24-21-38)60-37-59(36-51(60)56(10,11)12)44-30-42(57(13,14)39-18-16-15-17-19-39)31-46(34-44)62-45-25-26-47-48-32-40(54(4,5)6)22-27-49(48)61(50(47)35-45)52-33-41(28-29-58-52)55(7,8)9/h15-36H,37H2,1-14H3. The van der Waals surface area contributed by atoms with Gasteiger partial charge in [0.2, 0.25) is 0 Å². The second-order valence-corrected chi connectivity index (χ2v) is 22.1. The molecule has 5 aromatic carbocycles. The molecule has 0 atom stereocenters. The van der Waals surface area contributed by atoms with Crippen LogP contribution in [0.15, 0.2) is 139 Å². The van der Waals surface area contributed by atoms with Crippen molar-refractivity contribution in [2.45, 2.75) is 119 Å². The van der Waals surface area contributed by atoms with Crippen molar-refractivity contribution in [3.05, 3.63) is 167 Å². The van der Waals surface area contributed by atoms with E-state index in [-0.39, 0.29) is 27.1 Å². The van der Waals surface area contributed by atoms with Crippen LogP contribution in [0.25, 0.3) is 27.6 Å². The maximum atomic E-state index is 7.06. The number of anilines is 2. The molecule has 0 saturated heterocycles. The van der Waals surface area contributed by atoms with Gasteiger partial charge in [-0.3, -0.25) is 4.57 Å². The Kier molecular flexibility index (Phi) is 10.5. The molecule has 0 bridgehead atoms. The lowest BCUT2D eigenvalue weighted by Gasteiger charge is -2.31. The lowest BCUT2D eigenvalue weighted by atomic mass is 9.78. The topological polar surface area (TPSA) is 33.5 Å². The molecule has 1 aliphatic rings. The van der Waals surface area contributed by atoms with Gasteiger partial charge in [-0.05, 0) is 105 Å². The van der Waals surface area contributed by atoms with Gasteiger partial charge in [-0.1, -0.05) is 145 Å². The molecule has 5 nitrogen and oxygen atoms in total. The number of pyridine rings is 1. The first-order chi connectivity index (χ1) is 29.0. The van der Waals surface area contributed by atoms with Crippen LogP contribution in [0.5, 0.6) is 11.5 Å². The number of nitrogens with zero attached hydrogens (tertiary/aromatic N) is 4. The summed E-state index contributed by atoms with van der Waals surface area (Å²) in [4.78, 5) is 9.82. The summed E-state index contributed by atoms with van der Waals surface area (Å²) in [5.41, 5.74) is 11.8. The molecule has 0 saturated carbocycles. The highest BCUT2D eigenvalue weighted by Crippen LogP contribution is 2.43. The number of hydrogen-bond acceptors (Lipinski definition) is 4. The molecule has 0 spiro atoms. The summed E-state index contributed by atoms with van der Waals surface area (Å²) in [6, 6.07) is 44.5. The van der Waals surface area contributed by atoms with Crippen molar-refractivity contribution in [3.63, 3.8) is 0 Å². The second-order valence-electron chi connectivity index (χ2n) is 22.1. The van der Waals surface area contributed by atoms with Crippen LogP contribution in [0.4, 0.5) is 11.4 Å². The summed E-state index contributed by atoms with van der Waals surface area (Å²) in [6.45, 7) is 32.6. The zero-order valence-electron chi connectivity index (χ0n) is 39.6. The molecular formula is C57H66N4O. The Labute approximate surface area is 371 Å². The van der Waals surface area contributed by atoms with Crippen LogP contribution in [0, 0.1) is 5.41 Å². The van der Waals surface area contributed by atoms with Crippen molar-refractivity contribution in [2.75, 3.05) is 16.5 Å². The summed E-state index contributed by atoms with van der Waals surface area (Å²) < 4.78 is 9.37. The van der Waals surface area contributed by atoms with Crippen molar-refractivity contribution >= 4 is 33.2 Å². The van der Waals surface area contributed by atoms with Gasteiger partial charge in [-0.15, -0.1) is 0 Å². The molecule has 62 heavy (non-hydrogen) atoms. The Balaban J connectivity index is 1.26. The lowest BCUT2D eigenvalue weighted by Crippen LogP contribution is -2.30. The maximum absolute atomic E-state index is 7.06. The molecule has 8 rings (SSSR count). The third kappa shape index (κ3) is 8.27. The van der Waals surface area contributed by atoms with Crippen molar-refractivity contribution in [1.29, 1.82) is 0 Å². The van der Waals surface area contributed by atoms with Crippen LogP contribution >= 0.6 is 0 Å². The summed E-state index contributed by atoms with van der Waals surface area (Å²) in [5.74, 6) is 2.48. The number of ether oxygens (including phenoxy) is 1. The molecule has 7 aromatic rings. The first kappa shape index (κ1) is 42.9. The van der Waals surface area contributed by atoms with Crippen LogP contribution in [-0.2, 0) is 21.7 Å². The quantitative estimate of drug-likeness (QED) is 0.160. The molecule has 0 aliphatic carbocycles. The van der Waals surface area contributed by atoms with Crippen LogP contribution in [0.3, 0.4) is 0 Å². The Morgan fingerprint density at radius 2 is 1.11 bits per heavy atom. The van der Waals surface area contributed by atoms with E-state index in [4.69, 9.17) is 9.72 Å². The number of rotatable bonds is 7. The SMILES string of the molecule is CC(C)(C)C1=CN(c2cc(Oc3ccc4c5cc(C(C)(C)C)ccc5n(-c5cc(C(C)(C)C)ccn5)c4c3)cc(C(C)(C)c3ccccc3)c2)CN1c1ccc(C(C)(C)C)cc1. The van der Waals surface area contributed by atoms with Crippen LogP contribution in [0.1, 0.15) is 125 Å². The van der Waals surface area contributed by atoms with Gasteiger partial charge in [0.05, 0.1) is 17.7 Å². The van der Waals surface area contributed by atoms with E-state index < -0.39 is 0 Å².